The summed E-state index contributed by atoms with van der Waals surface area (Å²) in [4.78, 5) is 0. The van der Waals surface area contributed by atoms with E-state index in [1.165, 1.54) is 34.6 Å². The summed E-state index contributed by atoms with van der Waals surface area (Å²) in [6, 6.07) is 0. The number of aliphatic hydroxyl groups is 8. The first-order chi connectivity index (χ1) is 65.3. The SMILES string of the molecule is CC(CO)(COCCCCOCC(C)(CO)COCC(F)(F)C(F)(F)F)COCCC(F)(F)F.CC(CO)(COCCCCOCC(C)(CO)COCC(F)(F)CC(F)(F)C(F)(F)F)COCCC(F)(F)CC(F)(F)F.CC(CO)(COCCCCOCC(C)(CO)COCC(F)(F)CC(F)(F)F)COCCC(F)(F)C(F)(F)F.CC(CO)(COCCCCOCC(C)(CO)COCC(F)(F)F)COCC(F)(F)F. The summed E-state index contributed by atoms with van der Waals surface area (Å²) < 4.78 is 529. The zero-order valence-electron chi connectivity index (χ0n) is 80.9. The van der Waals surface area contributed by atoms with Gasteiger partial charge in [-0.2, -0.15) is 132 Å². The Morgan fingerprint density at radius 3 is 0.514 bits per heavy atom. The predicted molar refractivity (Wildman–Crippen MR) is 437 cm³/mol. The second-order valence-corrected chi connectivity index (χ2v) is 37.7. The van der Waals surface area contributed by atoms with Gasteiger partial charge in [-0.1, -0.05) is 55.4 Å². The van der Waals surface area contributed by atoms with Crippen LogP contribution in [0.25, 0.3) is 0 Å². The van der Waals surface area contributed by atoms with Crippen molar-refractivity contribution in [3.05, 3.63) is 0 Å². The third-order valence-corrected chi connectivity index (χ3v) is 19.4. The smallest absolute Gasteiger partial charge is 0.396 e. The number of aliphatic hydroxyl groups excluding tert-OH is 8. The van der Waals surface area contributed by atoms with Crippen molar-refractivity contribution < 1.29 is 275 Å². The Hall–Kier alpha value is -3.48. The highest BCUT2D eigenvalue weighted by Crippen LogP contribution is 2.45. The molecule has 60 heteroatoms. The zero-order chi connectivity index (χ0) is 112. The van der Waals surface area contributed by atoms with Crippen molar-refractivity contribution in [2.45, 2.75) is 230 Å². The molecular weight excluding hydrogens is 2080 g/mol. The van der Waals surface area contributed by atoms with Crippen LogP contribution in [0.3, 0.4) is 0 Å². The predicted octanol–water partition coefficient (Wildman–Crippen LogP) is 18.0. The van der Waals surface area contributed by atoms with E-state index >= 15 is 0 Å². The standard InChI is InChI=1S/C24H38F12O6.C22H36F10O6.C20H34F8O6.C18H32F6O6/c1-18(11-37,15-41-8-5-20(25,26)10-23(31,32)33)13-39-6-3-4-7-40-14-19(2,12-38)16-42-17-21(27,28)9-22(29,30)24(34,35)36;1-17(10-33,14-37-8-5-20(25,26)22(30,31)32)12-35-6-3-4-7-36-13-18(2,11-34)15-38-16-19(23,24)9-21(27,28)29;1-16(9-29,13-33-8-5-19(23,24)25)11-31-6-3-4-7-32-12-17(2,10-30)14-34-15-18(21,22)20(26,27)28;1-15(7-25,11-29-13-17(19,20)21)9-27-5-3-4-6-28-10-16(2,8-26)12-30-14-18(22,23)24/h37-38H,3-17H2,1-2H3;33-34H,3-16H2,1-2H3;29-30H,3-15H2,1-2H3;25-26H,3-14H2,1-2H3. The van der Waals surface area contributed by atoms with Gasteiger partial charge in [-0.25, -0.2) is 26.3 Å². The van der Waals surface area contributed by atoms with Crippen molar-refractivity contribution in [1.82, 2.24) is 0 Å². The molecule has 8 atom stereocenters. The molecule has 0 heterocycles. The number of hydrogen-bond acceptors (Lipinski definition) is 24. The molecule has 8 N–H and O–H groups in total. The van der Waals surface area contributed by atoms with Crippen LogP contribution in [-0.4, -0.2) is 390 Å². The number of halogens is 36. The molecule has 0 radical (unpaired) electrons. The van der Waals surface area contributed by atoms with Gasteiger partial charge in [0.15, 0.2) is 0 Å². The molecule has 0 fully saturated rings. The van der Waals surface area contributed by atoms with Crippen molar-refractivity contribution in [3.8, 4) is 0 Å². The molecular formula is C84H140F36O24. The summed E-state index contributed by atoms with van der Waals surface area (Å²) in [5, 5.41) is 75.5. The van der Waals surface area contributed by atoms with Crippen LogP contribution in [0.15, 0.2) is 0 Å². The van der Waals surface area contributed by atoms with E-state index in [0.717, 1.165) is 0 Å². The van der Waals surface area contributed by atoms with E-state index in [1.54, 1.807) is 20.8 Å². The molecule has 8 unspecified atom stereocenters. The van der Waals surface area contributed by atoms with Crippen LogP contribution >= 0.6 is 0 Å². The van der Waals surface area contributed by atoms with Gasteiger partial charge < -0.3 is 117 Å². The van der Waals surface area contributed by atoms with Gasteiger partial charge in [0.1, 0.15) is 45.9 Å². The van der Waals surface area contributed by atoms with E-state index in [-0.39, 0.29) is 145 Å². The third-order valence-electron chi connectivity index (χ3n) is 19.4. The van der Waals surface area contributed by atoms with Crippen LogP contribution < -0.4 is 0 Å². The minimum Gasteiger partial charge on any atom is -0.396 e. The normalized spacial score (nSPS) is 16.9. The Bertz CT molecular complexity index is 3150. The summed E-state index contributed by atoms with van der Waals surface area (Å²) >= 11 is 0. The first kappa shape index (κ1) is 147. The molecule has 872 valence electrons. The van der Waals surface area contributed by atoms with Gasteiger partial charge in [0, 0.05) is 109 Å². The van der Waals surface area contributed by atoms with E-state index < -0.39 is 286 Å². The fraction of sp³-hybridized carbons (Fsp3) is 1.00. The van der Waals surface area contributed by atoms with Crippen molar-refractivity contribution in [2.75, 3.05) is 264 Å². The minimum atomic E-state index is -6.14. The van der Waals surface area contributed by atoms with E-state index in [4.69, 9.17) is 56.8 Å². The lowest BCUT2D eigenvalue weighted by atomic mass is 9.94. The van der Waals surface area contributed by atoms with Crippen LogP contribution in [0.5, 0.6) is 0 Å². The lowest BCUT2D eigenvalue weighted by Crippen LogP contribution is -2.44. The Balaban J connectivity index is -0.000000914. The molecule has 0 aliphatic heterocycles. The van der Waals surface area contributed by atoms with Gasteiger partial charge in [0.05, 0.1) is 191 Å². The molecule has 0 amide bonds. The Morgan fingerprint density at radius 2 is 0.319 bits per heavy atom. The first-order valence-electron chi connectivity index (χ1n) is 44.3. The largest absolute Gasteiger partial charge is 0.455 e. The average Bonchev–Trinajstić information content (AvgIpc) is 0.809. The van der Waals surface area contributed by atoms with Gasteiger partial charge in [0.2, 0.25) is 0 Å². The summed E-state index contributed by atoms with van der Waals surface area (Å²) in [5.74, 6) is -28.1. The molecule has 0 aromatic carbocycles. The lowest BCUT2D eigenvalue weighted by molar-refractivity contribution is -0.303. The van der Waals surface area contributed by atoms with Crippen molar-refractivity contribution >= 4 is 0 Å². The minimum absolute atomic E-state index is 0.0152. The van der Waals surface area contributed by atoms with Crippen LogP contribution in [-0.2, 0) is 75.8 Å². The van der Waals surface area contributed by atoms with Crippen LogP contribution in [0.4, 0.5) is 158 Å². The molecule has 24 nitrogen and oxygen atoms in total. The number of ether oxygens (including phenoxy) is 16. The summed E-state index contributed by atoms with van der Waals surface area (Å²) in [5.41, 5.74) is -8.40. The van der Waals surface area contributed by atoms with Gasteiger partial charge in [0.25, 0.3) is 17.8 Å². The highest BCUT2D eigenvalue weighted by Gasteiger charge is 2.62. The molecule has 0 aliphatic carbocycles. The van der Waals surface area contributed by atoms with Gasteiger partial charge in [-0.3, -0.25) is 0 Å². The fourth-order valence-electron chi connectivity index (χ4n) is 10.4. The molecule has 0 aromatic rings. The highest BCUT2D eigenvalue weighted by atomic mass is 19.5. The monoisotopic (exact) mass is 2220 g/mol. The van der Waals surface area contributed by atoms with E-state index in [9.17, 15) is 199 Å². The van der Waals surface area contributed by atoms with Gasteiger partial charge in [-0.15, -0.1) is 0 Å². The second-order valence-electron chi connectivity index (χ2n) is 37.7. The van der Waals surface area contributed by atoms with Crippen LogP contribution in [0.1, 0.15) is 145 Å². The van der Waals surface area contributed by atoms with E-state index in [2.05, 4.69) is 18.9 Å². The van der Waals surface area contributed by atoms with E-state index in [0.29, 0.717) is 51.4 Å². The summed E-state index contributed by atoms with van der Waals surface area (Å²) in [6.07, 6.45) is -48.1. The van der Waals surface area contributed by atoms with Crippen LogP contribution in [0, 0.1) is 43.3 Å². The maximum Gasteiger partial charge on any atom is 0.455 e. The Labute approximate surface area is 810 Å². The molecule has 0 saturated carbocycles. The third kappa shape index (κ3) is 76.9. The number of alkyl halides is 36. The fourth-order valence-corrected chi connectivity index (χ4v) is 10.4. The van der Waals surface area contributed by atoms with Gasteiger partial charge in [-0.05, 0) is 51.4 Å². The van der Waals surface area contributed by atoms with Gasteiger partial charge >= 0.3 is 67.2 Å². The molecule has 144 heavy (non-hydrogen) atoms. The second kappa shape index (κ2) is 67.9. The van der Waals surface area contributed by atoms with Crippen LogP contribution in [0.2, 0.25) is 0 Å². The lowest BCUT2D eigenvalue weighted by Gasteiger charge is -2.29. The zero-order valence-corrected chi connectivity index (χ0v) is 80.9. The topological polar surface area (TPSA) is 310 Å². The van der Waals surface area contributed by atoms with Crippen molar-refractivity contribution in [3.63, 3.8) is 0 Å². The summed E-state index contributed by atoms with van der Waals surface area (Å²) in [7, 11) is 0. The number of hydrogen-bond donors (Lipinski definition) is 8. The molecule has 0 aromatic heterocycles. The average molecular weight is 2220 g/mol. The quantitative estimate of drug-likeness (QED) is 0.0207. The molecule has 0 spiro atoms. The maximum absolute atomic E-state index is 13.6. The maximum atomic E-state index is 13.6. The van der Waals surface area contributed by atoms with Crippen molar-refractivity contribution in [1.29, 1.82) is 0 Å². The Kier molecular flexibility index (Phi) is 69.2. The molecule has 0 bridgehead atoms. The molecule has 0 saturated heterocycles. The Morgan fingerprint density at radius 1 is 0.146 bits per heavy atom. The highest BCUT2D eigenvalue weighted by molar-refractivity contribution is 4.86. The first-order valence-corrected chi connectivity index (χ1v) is 44.3. The number of unbranched alkanes of at least 4 members (excludes halogenated alkanes) is 4. The van der Waals surface area contributed by atoms with E-state index in [1.807, 2.05) is 0 Å². The number of rotatable bonds is 80. The summed E-state index contributed by atoms with van der Waals surface area (Å²) in [6.45, 7) is -3.66. The van der Waals surface area contributed by atoms with Crippen molar-refractivity contribution in [2.24, 2.45) is 43.3 Å². The molecule has 0 rings (SSSR count). The molecule has 0 aliphatic rings.